The number of amides is 2. The molecule has 0 saturated carbocycles. The fraction of sp³-hybridized carbons (Fsp3) is 0.578. The lowest BCUT2D eigenvalue weighted by Crippen LogP contribution is -2.40. The van der Waals surface area contributed by atoms with E-state index in [0.717, 1.165) is 68.3 Å². The van der Waals surface area contributed by atoms with E-state index in [-0.39, 0.29) is 28.7 Å². The molecule has 10 heteroatoms. The van der Waals surface area contributed by atoms with Crippen molar-refractivity contribution in [3.63, 3.8) is 0 Å². The Morgan fingerprint density at radius 3 is 2.22 bits per heavy atom. The molecule has 5 rings (SSSR count). The van der Waals surface area contributed by atoms with E-state index < -0.39 is 0 Å². The van der Waals surface area contributed by atoms with Crippen LogP contribution in [0, 0.1) is 10.8 Å². The van der Waals surface area contributed by atoms with Crippen molar-refractivity contribution in [2.75, 3.05) is 58.5 Å². The van der Waals surface area contributed by atoms with Crippen LogP contribution >= 0.6 is 0 Å². The zero-order valence-corrected chi connectivity index (χ0v) is 34.9. The fourth-order valence-corrected chi connectivity index (χ4v) is 7.81. The van der Waals surface area contributed by atoms with Crippen molar-refractivity contribution in [1.82, 2.24) is 9.80 Å². The topological polar surface area (TPSA) is 93.1 Å². The summed E-state index contributed by atoms with van der Waals surface area (Å²) in [6.07, 6.45) is 8.43. The van der Waals surface area contributed by atoms with Gasteiger partial charge < -0.3 is 33.6 Å². The second-order valence-corrected chi connectivity index (χ2v) is 17.2. The summed E-state index contributed by atoms with van der Waals surface area (Å²) in [5.74, 6) is 2.27. The van der Waals surface area contributed by atoms with Gasteiger partial charge in [-0.3, -0.25) is 14.6 Å². The van der Waals surface area contributed by atoms with Crippen LogP contribution in [0.2, 0.25) is 0 Å². The molecule has 2 amide bonds. The van der Waals surface area contributed by atoms with Gasteiger partial charge in [-0.25, -0.2) is 0 Å². The van der Waals surface area contributed by atoms with Gasteiger partial charge in [0.05, 0.1) is 56.0 Å². The van der Waals surface area contributed by atoms with Gasteiger partial charge in [0.25, 0.3) is 11.8 Å². The van der Waals surface area contributed by atoms with Gasteiger partial charge in [0.2, 0.25) is 0 Å². The Morgan fingerprint density at radius 2 is 1.56 bits per heavy atom. The molecule has 2 atom stereocenters. The maximum Gasteiger partial charge on any atom is 0.257 e. The summed E-state index contributed by atoms with van der Waals surface area (Å²) in [5.41, 5.74) is 4.53. The van der Waals surface area contributed by atoms with Crippen LogP contribution in [0.25, 0.3) is 0 Å². The lowest BCUT2D eigenvalue weighted by atomic mass is 9.78. The Morgan fingerprint density at radius 1 is 0.891 bits per heavy atom. The average Bonchev–Trinajstić information content (AvgIpc) is 3.41. The van der Waals surface area contributed by atoms with Gasteiger partial charge in [-0.05, 0) is 68.4 Å². The largest absolute Gasteiger partial charge is 0.493 e. The van der Waals surface area contributed by atoms with E-state index in [4.69, 9.17) is 18.9 Å². The van der Waals surface area contributed by atoms with Crippen LogP contribution < -0.4 is 23.8 Å². The number of benzene rings is 2. The molecule has 300 valence electrons. The van der Waals surface area contributed by atoms with Crippen LogP contribution in [0.1, 0.15) is 114 Å². The molecular weight excluding hydrogens is 693 g/mol. The molecule has 55 heavy (non-hydrogen) atoms. The van der Waals surface area contributed by atoms with Crippen LogP contribution in [0.15, 0.2) is 53.6 Å². The molecule has 0 spiro atoms. The molecule has 3 aliphatic heterocycles. The van der Waals surface area contributed by atoms with Crippen LogP contribution in [-0.2, 0) is 0 Å². The predicted octanol–water partition coefficient (Wildman–Crippen LogP) is 9.29. The third-order valence-electron chi connectivity index (χ3n) is 11.3. The third-order valence-corrected chi connectivity index (χ3v) is 11.3. The van der Waals surface area contributed by atoms with Gasteiger partial charge >= 0.3 is 0 Å². The summed E-state index contributed by atoms with van der Waals surface area (Å²) in [6, 6.07) is 7.73. The summed E-state index contributed by atoms with van der Waals surface area (Å²) in [6.45, 7) is 27.0. The van der Waals surface area contributed by atoms with Crippen molar-refractivity contribution >= 4 is 29.4 Å². The number of carbonyl (C=O) groups excluding carboxylic acids is 2. The zero-order valence-electron chi connectivity index (χ0n) is 34.9. The lowest BCUT2D eigenvalue weighted by Gasteiger charge is -2.33. The third kappa shape index (κ3) is 9.86. The van der Waals surface area contributed by atoms with Crippen molar-refractivity contribution in [2.24, 2.45) is 15.8 Å². The summed E-state index contributed by atoms with van der Waals surface area (Å²) < 4.78 is 24.4. The summed E-state index contributed by atoms with van der Waals surface area (Å²) in [4.78, 5) is 38.1. The first-order valence-electron chi connectivity index (χ1n) is 20.0. The molecule has 0 bridgehead atoms. The van der Waals surface area contributed by atoms with Crippen molar-refractivity contribution in [2.45, 2.75) is 105 Å². The lowest BCUT2D eigenvalue weighted by molar-refractivity contribution is 0.0771. The number of anilines is 1. The van der Waals surface area contributed by atoms with Crippen LogP contribution in [-0.4, -0.2) is 93.5 Å². The minimum absolute atomic E-state index is 0.000691. The molecule has 0 aliphatic carbocycles. The molecule has 2 aromatic carbocycles. The van der Waals surface area contributed by atoms with Gasteiger partial charge in [0, 0.05) is 50.6 Å². The Labute approximate surface area is 329 Å². The quantitative estimate of drug-likeness (QED) is 0.140. The van der Waals surface area contributed by atoms with Crippen molar-refractivity contribution < 1.29 is 28.5 Å². The molecule has 2 aromatic rings. The highest BCUT2D eigenvalue weighted by Gasteiger charge is 2.35. The molecule has 0 radical (unpaired) electrons. The first-order valence-corrected chi connectivity index (χ1v) is 20.0. The van der Waals surface area contributed by atoms with Crippen molar-refractivity contribution in [3.8, 4) is 23.0 Å². The number of nitrogens with zero attached hydrogens (tertiary/aromatic N) is 4. The number of rotatable bonds is 18. The van der Waals surface area contributed by atoms with Crippen LogP contribution in [0.3, 0.4) is 0 Å². The summed E-state index contributed by atoms with van der Waals surface area (Å²) >= 11 is 0. The van der Waals surface area contributed by atoms with Gasteiger partial charge in [-0.15, -0.1) is 0 Å². The standard InChI is InChI=1S/C45H64N4O6/c1-12-14-32(13-2)48-19-18-47(27-30(3)4)42(50)35-23-39(53-11)41(25-37(35)48)54-20-17-44(6,7)15-16-45(8,9)29-55-40-24-36-34(22-38(40)52-10)43(51)49-28-31(5)21-33(49)26-46-36/h22-26,32-33H,3,5,12-21,27-29H2,1-2,4,6-11H3. The summed E-state index contributed by atoms with van der Waals surface area (Å²) in [7, 11) is 3.23. The maximum absolute atomic E-state index is 13.9. The summed E-state index contributed by atoms with van der Waals surface area (Å²) in [5, 5.41) is 0. The molecular formula is C45H64N4O6. The molecule has 0 N–H and O–H groups in total. The zero-order chi connectivity index (χ0) is 40.1. The van der Waals surface area contributed by atoms with Crippen LogP contribution in [0.5, 0.6) is 23.0 Å². The average molecular weight is 757 g/mol. The highest BCUT2D eigenvalue weighted by molar-refractivity contribution is 6.04. The first-order chi connectivity index (χ1) is 26.1. The Hall–Kier alpha value is -4.47. The number of carbonyl (C=O) groups is 2. The fourth-order valence-electron chi connectivity index (χ4n) is 7.81. The minimum atomic E-state index is -0.138. The second kappa shape index (κ2) is 17.5. The van der Waals surface area contributed by atoms with Crippen molar-refractivity contribution in [3.05, 3.63) is 59.7 Å². The normalized spacial score (nSPS) is 17.7. The van der Waals surface area contributed by atoms with Gasteiger partial charge in [0.15, 0.2) is 23.0 Å². The molecule has 3 heterocycles. The van der Waals surface area contributed by atoms with E-state index in [1.165, 1.54) is 0 Å². The monoisotopic (exact) mass is 756 g/mol. The number of methoxy groups -OCH3 is 2. The number of ether oxygens (including phenoxy) is 4. The Bertz CT molecular complexity index is 1780. The van der Waals surface area contributed by atoms with Crippen molar-refractivity contribution in [1.29, 1.82) is 0 Å². The SMILES string of the molecule is C=C(C)CN1CCN(C(CC)CCC)c2cc(OCCC(C)(C)CCC(C)(C)COc3cc4c(cc3OC)C(=O)N3CC(=C)CC3C=N4)c(OC)cc2C1=O. The predicted molar refractivity (Wildman–Crippen MR) is 222 cm³/mol. The minimum Gasteiger partial charge on any atom is -0.493 e. The molecule has 1 fully saturated rings. The van der Waals surface area contributed by atoms with Gasteiger partial charge in [0.1, 0.15) is 0 Å². The molecule has 2 unspecified atom stereocenters. The van der Waals surface area contributed by atoms with E-state index in [1.54, 1.807) is 20.3 Å². The first kappa shape index (κ1) is 41.7. The highest BCUT2D eigenvalue weighted by atomic mass is 16.5. The highest BCUT2D eigenvalue weighted by Crippen LogP contribution is 2.42. The number of hydrogen-bond acceptors (Lipinski definition) is 8. The molecule has 0 aromatic heterocycles. The second-order valence-electron chi connectivity index (χ2n) is 17.2. The van der Waals surface area contributed by atoms with E-state index in [0.29, 0.717) is 78.7 Å². The van der Waals surface area contributed by atoms with E-state index in [1.807, 2.05) is 41.1 Å². The van der Waals surface area contributed by atoms with E-state index in [2.05, 4.69) is 64.6 Å². The van der Waals surface area contributed by atoms with Gasteiger partial charge in [-0.2, -0.15) is 0 Å². The molecule has 10 nitrogen and oxygen atoms in total. The molecule has 1 saturated heterocycles. The molecule has 3 aliphatic rings. The van der Waals surface area contributed by atoms with E-state index in [9.17, 15) is 9.59 Å². The Balaban J connectivity index is 1.23. The number of fused-ring (bicyclic) bond motifs is 3. The maximum atomic E-state index is 13.9. The van der Waals surface area contributed by atoms with Gasteiger partial charge in [-0.1, -0.05) is 72.3 Å². The van der Waals surface area contributed by atoms with Crippen LogP contribution in [0.4, 0.5) is 11.4 Å². The Kier molecular flexibility index (Phi) is 13.3. The number of hydrogen-bond donors (Lipinski definition) is 0. The van der Waals surface area contributed by atoms with E-state index >= 15 is 0 Å². The smallest absolute Gasteiger partial charge is 0.257 e. The number of aliphatic imine (C=N–C) groups is 1.